The van der Waals surface area contributed by atoms with E-state index in [1.54, 1.807) is 36.9 Å². The van der Waals surface area contributed by atoms with Gasteiger partial charge in [-0.25, -0.2) is 0 Å². The van der Waals surface area contributed by atoms with Gasteiger partial charge in [0.15, 0.2) is 5.76 Å². The number of fused-ring (bicyclic) bond motifs is 1. The molecule has 0 saturated heterocycles. The van der Waals surface area contributed by atoms with Gasteiger partial charge in [0.05, 0.1) is 25.2 Å². The molecule has 30 heavy (non-hydrogen) atoms. The number of amides is 1. The van der Waals surface area contributed by atoms with Crippen molar-refractivity contribution in [3.05, 3.63) is 90.6 Å². The minimum Gasteiger partial charge on any atom is -0.461 e. The predicted octanol–water partition coefficient (Wildman–Crippen LogP) is 4.47. The summed E-state index contributed by atoms with van der Waals surface area (Å²) in [4.78, 5) is 12.6. The molecule has 0 aliphatic rings. The molecule has 0 bridgehead atoms. The van der Waals surface area contributed by atoms with E-state index in [1.807, 2.05) is 42.5 Å². The number of hydrogen-bond acceptors (Lipinski definition) is 6. The summed E-state index contributed by atoms with van der Waals surface area (Å²) in [7, 11) is 0. The van der Waals surface area contributed by atoms with Gasteiger partial charge in [-0.2, -0.15) is 10.2 Å². The highest BCUT2D eigenvalue weighted by Gasteiger charge is 2.12. The van der Waals surface area contributed by atoms with Crippen LogP contribution in [0.15, 0.2) is 88.3 Å². The highest BCUT2D eigenvalue weighted by atomic mass is 16.5. The Hall–Kier alpha value is -4.26. The third-order valence-electron chi connectivity index (χ3n) is 4.79. The van der Waals surface area contributed by atoms with E-state index in [4.69, 9.17) is 8.94 Å². The van der Waals surface area contributed by atoms with Crippen LogP contribution in [0.2, 0.25) is 0 Å². The predicted molar refractivity (Wildman–Crippen MR) is 110 cm³/mol. The quantitative estimate of drug-likeness (QED) is 0.471. The molecule has 1 amide bonds. The number of furan rings is 1. The second-order valence-electron chi connectivity index (χ2n) is 6.72. The normalized spacial score (nSPS) is 10.9. The van der Waals surface area contributed by atoms with Crippen molar-refractivity contribution in [1.29, 1.82) is 0 Å². The van der Waals surface area contributed by atoms with Crippen molar-refractivity contribution in [3.8, 4) is 22.6 Å². The van der Waals surface area contributed by atoms with Gasteiger partial charge in [-0.1, -0.05) is 29.4 Å². The lowest BCUT2D eigenvalue weighted by atomic mass is 9.98. The summed E-state index contributed by atoms with van der Waals surface area (Å²) in [6, 6.07) is 18.8. The Morgan fingerprint density at radius 2 is 1.93 bits per heavy atom. The summed E-state index contributed by atoms with van der Waals surface area (Å²) in [6.07, 6.45) is 4.96. The third-order valence-corrected chi connectivity index (χ3v) is 4.79. The second-order valence-corrected chi connectivity index (χ2v) is 6.72. The van der Waals surface area contributed by atoms with Gasteiger partial charge in [0.1, 0.15) is 5.69 Å². The Bertz CT molecular complexity index is 1310. The average molecular weight is 396 g/mol. The topological polar surface area (TPSA) is 94.1 Å². The van der Waals surface area contributed by atoms with Gasteiger partial charge >= 0.3 is 0 Å². The zero-order valence-electron chi connectivity index (χ0n) is 15.8. The van der Waals surface area contributed by atoms with Gasteiger partial charge in [-0.3, -0.25) is 4.79 Å². The molecule has 5 rings (SSSR count). The average Bonchev–Trinajstić information content (AvgIpc) is 3.49. The number of aromatic nitrogens is 3. The first-order valence-corrected chi connectivity index (χ1v) is 9.35. The molecule has 7 heteroatoms. The number of benzene rings is 2. The first-order valence-electron chi connectivity index (χ1n) is 9.35. The number of carbonyl (C=O) groups excluding carboxylic acids is 1. The summed E-state index contributed by atoms with van der Waals surface area (Å²) in [5, 5.41) is 16.6. The van der Waals surface area contributed by atoms with Crippen molar-refractivity contribution < 1.29 is 13.7 Å². The molecule has 0 aliphatic carbocycles. The highest BCUT2D eigenvalue weighted by molar-refractivity contribution is 6.02. The molecule has 5 aromatic rings. The Kier molecular flexibility index (Phi) is 4.53. The molecule has 0 aliphatic heterocycles. The number of hydrogen-bond donors (Lipinski definition) is 1. The van der Waals surface area contributed by atoms with Crippen molar-refractivity contribution in [3.63, 3.8) is 0 Å². The molecule has 3 heterocycles. The van der Waals surface area contributed by atoms with Gasteiger partial charge in [0.2, 0.25) is 5.76 Å². The van der Waals surface area contributed by atoms with Crippen molar-refractivity contribution in [2.75, 3.05) is 0 Å². The van der Waals surface area contributed by atoms with E-state index in [-0.39, 0.29) is 12.5 Å². The molecule has 146 valence electrons. The van der Waals surface area contributed by atoms with Crippen molar-refractivity contribution >= 4 is 16.7 Å². The van der Waals surface area contributed by atoms with E-state index in [1.165, 1.54) is 0 Å². The van der Waals surface area contributed by atoms with Crippen LogP contribution in [0.1, 0.15) is 16.1 Å². The molecule has 2 aromatic carbocycles. The summed E-state index contributed by atoms with van der Waals surface area (Å²) in [5.41, 5.74) is 3.21. The summed E-state index contributed by atoms with van der Waals surface area (Å²) >= 11 is 0. The molecule has 0 atom stereocenters. The molecular weight excluding hydrogens is 380 g/mol. The van der Waals surface area contributed by atoms with Gasteiger partial charge in [-0.15, -0.1) is 0 Å². The molecule has 7 nitrogen and oxygen atoms in total. The fourth-order valence-electron chi connectivity index (χ4n) is 3.33. The molecule has 0 radical (unpaired) electrons. The lowest BCUT2D eigenvalue weighted by Gasteiger charge is -2.08. The Morgan fingerprint density at radius 3 is 2.77 bits per heavy atom. The molecule has 0 spiro atoms. The maximum atomic E-state index is 12.6. The number of carbonyl (C=O) groups is 1. The fraction of sp³-hybridized carbons (Fsp3) is 0.0435. The van der Waals surface area contributed by atoms with Crippen LogP contribution in [0.4, 0.5) is 0 Å². The molecule has 0 saturated carbocycles. The van der Waals surface area contributed by atoms with Crippen LogP contribution >= 0.6 is 0 Å². The smallest absolute Gasteiger partial charge is 0.251 e. The third kappa shape index (κ3) is 3.44. The van der Waals surface area contributed by atoms with Crippen LogP contribution in [0.3, 0.4) is 0 Å². The van der Waals surface area contributed by atoms with E-state index in [2.05, 4.69) is 20.7 Å². The molecule has 1 N–H and O–H groups in total. The Balaban J connectivity index is 1.34. The van der Waals surface area contributed by atoms with Gasteiger partial charge in [0, 0.05) is 17.2 Å². The van der Waals surface area contributed by atoms with Crippen LogP contribution in [0.5, 0.6) is 0 Å². The Labute approximate surface area is 171 Å². The van der Waals surface area contributed by atoms with Crippen molar-refractivity contribution in [2.45, 2.75) is 6.54 Å². The van der Waals surface area contributed by atoms with Crippen LogP contribution in [0, 0.1) is 0 Å². The zero-order chi connectivity index (χ0) is 20.3. The van der Waals surface area contributed by atoms with E-state index < -0.39 is 0 Å². The molecule has 3 aromatic heterocycles. The van der Waals surface area contributed by atoms with E-state index >= 15 is 0 Å². The summed E-state index contributed by atoms with van der Waals surface area (Å²) < 4.78 is 10.5. The van der Waals surface area contributed by atoms with Crippen molar-refractivity contribution in [1.82, 2.24) is 20.7 Å². The number of rotatable bonds is 5. The van der Waals surface area contributed by atoms with Crippen LogP contribution in [-0.4, -0.2) is 21.3 Å². The minimum absolute atomic E-state index is 0.185. The van der Waals surface area contributed by atoms with Gasteiger partial charge in [0.25, 0.3) is 5.91 Å². The largest absolute Gasteiger partial charge is 0.461 e. The number of nitrogens with one attached hydrogen (secondary N) is 1. The van der Waals surface area contributed by atoms with E-state index in [0.717, 1.165) is 21.9 Å². The standard InChI is InChI=1S/C23H16N4O3/c28-23(24-14-18-12-22(30-27-18)21-5-2-10-29-21)16-6-7-20-15(11-16)3-1-4-19(20)17-8-9-25-26-13-17/h1-13H,14H2,(H,24,28). The number of nitrogens with zero attached hydrogens (tertiary/aromatic N) is 3. The SMILES string of the molecule is O=C(NCc1cc(-c2ccco2)on1)c1ccc2c(-c3ccnnc3)cccc2c1. The van der Waals surface area contributed by atoms with Crippen LogP contribution < -0.4 is 5.32 Å². The Morgan fingerprint density at radius 1 is 0.967 bits per heavy atom. The minimum atomic E-state index is -0.185. The first kappa shape index (κ1) is 17.8. The van der Waals surface area contributed by atoms with Gasteiger partial charge < -0.3 is 14.3 Å². The zero-order valence-corrected chi connectivity index (χ0v) is 15.8. The second kappa shape index (κ2) is 7.63. The lowest BCUT2D eigenvalue weighted by molar-refractivity contribution is 0.0950. The maximum Gasteiger partial charge on any atom is 0.251 e. The van der Waals surface area contributed by atoms with Crippen molar-refractivity contribution in [2.24, 2.45) is 0 Å². The molecule has 0 fully saturated rings. The highest BCUT2D eigenvalue weighted by Crippen LogP contribution is 2.28. The van der Waals surface area contributed by atoms with E-state index in [0.29, 0.717) is 22.8 Å². The van der Waals surface area contributed by atoms with Crippen LogP contribution in [0.25, 0.3) is 33.4 Å². The van der Waals surface area contributed by atoms with E-state index in [9.17, 15) is 4.79 Å². The molecular formula is C23H16N4O3. The van der Waals surface area contributed by atoms with Crippen LogP contribution in [-0.2, 0) is 6.54 Å². The van der Waals surface area contributed by atoms with Gasteiger partial charge in [-0.05, 0) is 46.7 Å². The summed E-state index contributed by atoms with van der Waals surface area (Å²) in [5.74, 6) is 0.929. The maximum absolute atomic E-state index is 12.6. The monoisotopic (exact) mass is 396 g/mol. The lowest BCUT2D eigenvalue weighted by Crippen LogP contribution is -2.22. The molecule has 0 unspecified atom stereocenters. The first-order chi connectivity index (χ1) is 14.8. The fourth-order valence-corrected chi connectivity index (χ4v) is 3.33. The summed E-state index contributed by atoms with van der Waals surface area (Å²) in [6.45, 7) is 0.254.